The lowest BCUT2D eigenvalue weighted by Crippen LogP contribution is -2.39. The molecular formula is C18H23NO5. The van der Waals surface area contributed by atoms with Crippen LogP contribution in [-0.4, -0.2) is 34.1 Å². The molecule has 1 fully saturated rings. The molecule has 3 N–H and O–H groups in total. The first-order valence-electron chi connectivity index (χ1n) is 8.02. The van der Waals surface area contributed by atoms with Crippen LogP contribution in [0.3, 0.4) is 0 Å². The second kappa shape index (κ2) is 7.03. The lowest BCUT2D eigenvalue weighted by atomic mass is 10.0. The normalized spacial score (nSPS) is 22.4. The van der Waals surface area contributed by atoms with Gasteiger partial charge in [-0.15, -0.1) is 0 Å². The number of rotatable bonds is 8. The summed E-state index contributed by atoms with van der Waals surface area (Å²) in [5.74, 6) is -3.45. The van der Waals surface area contributed by atoms with Gasteiger partial charge in [-0.2, -0.15) is 0 Å². The summed E-state index contributed by atoms with van der Waals surface area (Å²) in [7, 11) is 0. The van der Waals surface area contributed by atoms with E-state index in [2.05, 4.69) is 5.32 Å². The zero-order valence-corrected chi connectivity index (χ0v) is 13.9. The predicted molar refractivity (Wildman–Crippen MR) is 87.3 cm³/mol. The topological polar surface area (TPSA) is 104 Å². The number of carboxylic acids is 2. The Morgan fingerprint density at radius 3 is 2.25 bits per heavy atom. The summed E-state index contributed by atoms with van der Waals surface area (Å²) in [5.41, 5.74) is 0.429. The Balaban J connectivity index is 2.03. The number of carbonyl (C=O) groups is 3. The lowest BCUT2D eigenvalue weighted by Gasteiger charge is -2.19. The average molecular weight is 333 g/mol. The van der Waals surface area contributed by atoms with E-state index in [4.69, 9.17) is 5.11 Å². The number of carbonyl (C=O) groups excluding carboxylic acids is 1. The summed E-state index contributed by atoms with van der Waals surface area (Å²) in [5, 5.41) is 20.9. The summed E-state index contributed by atoms with van der Waals surface area (Å²) in [4.78, 5) is 34.5. The van der Waals surface area contributed by atoms with Crippen LogP contribution in [-0.2, 0) is 20.8 Å². The van der Waals surface area contributed by atoms with Gasteiger partial charge < -0.3 is 15.5 Å². The summed E-state index contributed by atoms with van der Waals surface area (Å²) < 4.78 is 0. The average Bonchev–Trinajstić information content (AvgIpc) is 3.09. The van der Waals surface area contributed by atoms with Gasteiger partial charge in [-0.25, -0.2) is 0 Å². The van der Waals surface area contributed by atoms with Crippen molar-refractivity contribution in [1.82, 2.24) is 5.32 Å². The Hall–Kier alpha value is -2.37. The molecule has 0 saturated heterocycles. The highest BCUT2D eigenvalue weighted by Gasteiger charge is 2.65. The van der Waals surface area contributed by atoms with Crippen LogP contribution in [0.4, 0.5) is 0 Å². The molecule has 3 atom stereocenters. The van der Waals surface area contributed by atoms with E-state index in [1.165, 1.54) is 0 Å². The van der Waals surface area contributed by atoms with Crippen LogP contribution in [0.5, 0.6) is 0 Å². The van der Waals surface area contributed by atoms with E-state index in [9.17, 15) is 19.5 Å². The minimum Gasteiger partial charge on any atom is -0.481 e. The maximum Gasteiger partial charge on any atom is 0.307 e. The minimum atomic E-state index is -0.967. The molecule has 1 aliphatic carbocycles. The standard InChI is InChI=1S/C18H23NO5/c1-18(2)14(15(18)17(23)24)16(22)19-12(8-9-13(20)21)10-11-6-4-3-5-7-11/h3-7,12,14-15H,8-10H2,1-2H3,(H,19,22)(H,20,21)(H,23,24)/t12?,14-,15+/m1/s1. The predicted octanol–water partition coefficient (Wildman–Crippen LogP) is 1.94. The van der Waals surface area contributed by atoms with Gasteiger partial charge in [-0.3, -0.25) is 14.4 Å². The fourth-order valence-electron chi connectivity index (χ4n) is 3.30. The first-order chi connectivity index (χ1) is 11.2. The van der Waals surface area contributed by atoms with Crippen LogP contribution in [0.25, 0.3) is 0 Å². The molecule has 6 nitrogen and oxygen atoms in total. The molecule has 0 aromatic heterocycles. The van der Waals surface area contributed by atoms with Crippen LogP contribution in [0, 0.1) is 17.3 Å². The van der Waals surface area contributed by atoms with E-state index in [1.54, 1.807) is 13.8 Å². The first-order valence-corrected chi connectivity index (χ1v) is 8.02. The van der Waals surface area contributed by atoms with Gasteiger partial charge in [-0.1, -0.05) is 44.2 Å². The van der Waals surface area contributed by atoms with Gasteiger partial charge in [0.15, 0.2) is 0 Å². The number of benzene rings is 1. The Bertz CT molecular complexity index is 626. The zero-order chi connectivity index (χ0) is 17.9. The van der Waals surface area contributed by atoms with Crippen molar-refractivity contribution in [3.63, 3.8) is 0 Å². The Morgan fingerprint density at radius 2 is 1.75 bits per heavy atom. The van der Waals surface area contributed by atoms with Crippen LogP contribution < -0.4 is 5.32 Å². The van der Waals surface area contributed by atoms with Crippen molar-refractivity contribution in [3.8, 4) is 0 Å². The molecule has 130 valence electrons. The maximum atomic E-state index is 12.5. The van der Waals surface area contributed by atoms with Crippen molar-refractivity contribution < 1.29 is 24.6 Å². The van der Waals surface area contributed by atoms with E-state index in [-0.39, 0.29) is 18.4 Å². The molecule has 24 heavy (non-hydrogen) atoms. The molecule has 1 amide bonds. The second-order valence-electron chi connectivity index (χ2n) is 6.94. The first kappa shape index (κ1) is 18.0. The number of hydrogen-bond acceptors (Lipinski definition) is 3. The Kier molecular flexibility index (Phi) is 5.26. The number of aliphatic carboxylic acids is 2. The third kappa shape index (κ3) is 4.13. The minimum absolute atomic E-state index is 0.0474. The smallest absolute Gasteiger partial charge is 0.307 e. The largest absolute Gasteiger partial charge is 0.481 e. The molecule has 6 heteroatoms. The third-order valence-electron chi connectivity index (χ3n) is 4.75. The fraction of sp³-hybridized carbons (Fsp3) is 0.500. The van der Waals surface area contributed by atoms with E-state index in [0.29, 0.717) is 12.8 Å². The molecule has 0 aliphatic heterocycles. The Labute approximate surface area is 140 Å². The van der Waals surface area contributed by atoms with Crippen molar-refractivity contribution in [2.75, 3.05) is 0 Å². The van der Waals surface area contributed by atoms with Gasteiger partial charge in [0.2, 0.25) is 5.91 Å². The number of carboxylic acid groups (broad SMARTS) is 2. The van der Waals surface area contributed by atoms with Crippen LogP contribution in [0.15, 0.2) is 30.3 Å². The molecule has 1 aromatic rings. The molecule has 0 bridgehead atoms. The highest BCUT2D eigenvalue weighted by molar-refractivity contribution is 5.91. The molecule has 0 heterocycles. The van der Waals surface area contributed by atoms with Crippen LogP contribution in [0.2, 0.25) is 0 Å². The van der Waals surface area contributed by atoms with Crippen molar-refractivity contribution in [2.45, 2.75) is 39.2 Å². The quantitative estimate of drug-likeness (QED) is 0.674. The molecule has 1 unspecified atom stereocenters. The van der Waals surface area contributed by atoms with Gasteiger partial charge in [0.25, 0.3) is 0 Å². The van der Waals surface area contributed by atoms with Crippen LogP contribution in [0.1, 0.15) is 32.3 Å². The van der Waals surface area contributed by atoms with Gasteiger partial charge in [-0.05, 0) is 23.8 Å². The monoisotopic (exact) mass is 333 g/mol. The van der Waals surface area contributed by atoms with E-state index < -0.39 is 29.2 Å². The van der Waals surface area contributed by atoms with Gasteiger partial charge >= 0.3 is 11.9 Å². The molecular weight excluding hydrogens is 310 g/mol. The lowest BCUT2D eigenvalue weighted by molar-refractivity contribution is -0.140. The summed E-state index contributed by atoms with van der Waals surface area (Å²) in [6.45, 7) is 3.53. The van der Waals surface area contributed by atoms with E-state index in [1.807, 2.05) is 30.3 Å². The van der Waals surface area contributed by atoms with Crippen molar-refractivity contribution in [1.29, 1.82) is 0 Å². The van der Waals surface area contributed by atoms with Crippen molar-refractivity contribution >= 4 is 17.8 Å². The van der Waals surface area contributed by atoms with Gasteiger partial charge in [0.1, 0.15) is 0 Å². The summed E-state index contributed by atoms with van der Waals surface area (Å²) in [6, 6.07) is 9.16. The van der Waals surface area contributed by atoms with E-state index in [0.717, 1.165) is 5.56 Å². The molecule has 2 rings (SSSR count). The fourth-order valence-corrected chi connectivity index (χ4v) is 3.30. The second-order valence-corrected chi connectivity index (χ2v) is 6.94. The number of amides is 1. The van der Waals surface area contributed by atoms with Gasteiger partial charge in [0.05, 0.1) is 11.8 Å². The SMILES string of the molecule is CC1(C)[C@H](C(=O)O)[C@@H]1C(=O)NC(CCC(=O)O)Cc1ccccc1. The third-order valence-corrected chi connectivity index (χ3v) is 4.75. The van der Waals surface area contributed by atoms with Crippen molar-refractivity contribution in [2.24, 2.45) is 17.3 Å². The molecule has 0 radical (unpaired) electrons. The number of hydrogen-bond donors (Lipinski definition) is 3. The van der Waals surface area contributed by atoms with Crippen molar-refractivity contribution in [3.05, 3.63) is 35.9 Å². The molecule has 1 aliphatic rings. The number of nitrogens with one attached hydrogen (secondary N) is 1. The van der Waals surface area contributed by atoms with Crippen LogP contribution >= 0.6 is 0 Å². The zero-order valence-electron chi connectivity index (χ0n) is 13.9. The highest BCUT2D eigenvalue weighted by Crippen LogP contribution is 2.58. The van der Waals surface area contributed by atoms with E-state index >= 15 is 0 Å². The molecule has 1 saturated carbocycles. The summed E-state index contributed by atoms with van der Waals surface area (Å²) >= 11 is 0. The molecule has 0 spiro atoms. The summed E-state index contributed by atoms with van der Waals surface area (Å²) in [6.07, 6.45) is 0.778. The molecule has 1 aromatic carbocycles. The highest BCUT2D eigenvalue weighted by atomic mass is 16.4. The van der Waals surface area contributed by atoms with Gasteiger partial charge in [0, 0.05) is 12.5 Å². The maximum absolute atomic E-state index is 12.5. The Morgan fingerprint density at radius 1 is 1.12 bits per heavy atom.